The van der Waals surface area contributed by atoms with Crippen LogP contribution >= 0.6 is 46.1 Å². The summed E-state index contributed by atoms with van der Waals surface area (Å²) in [5.74, 6) is 0. The molecule has 0 aliphatic rings. The van der Waals surface area contributed by atoms with Crippen molar-refractivity contribution in [3.63, 3.8) is 0 Å². The average Bonchev–Trinajstić information content (AvgIpc) is 2.92. The molecule has 0 unspecified atom stereocenters. The van der Waals surface area contributed by atoms with E-state index in [-0.39, 0.29) is 0 Å². The summed E-state index contributed by atoms with van der Waals surface area (Å²) in [4.78, 5) is 8.55. The first-order valence-electron chi connectivity index (χ1n) is 5.66. The summed E-state index contributed by atoms with van der Waals surface area (Å²) in [6, 6.07) is 9.14. The van der Waals surface area contributed by atoms with Gasteiger partial charge in [0.2, 0.25) is 0 Å². The molecular weight excluding hydrogens is 335 g/mol. The highest BCUT2D eigenvalue weighted by Crippen LogP contribution is 2.32. The SMILES string of the molecule is Clc1cc(-c2nc(-c3ccc(Cl)c(Cl)c3)cs2)ccn1. The first kappa shape index (κ1) is 13.8. The van der Waals surface area contributed by atoms with E-state index < -0.39 is 0 Å². The maximum Gasteiger partial charge on any atom is 0.129 e. The van der Waals surface area contributed by atoms with E-state index in [1.165, 1.54) is 0 Å². The fraction of sp³-hybridized carbons (Fsp3) is 0. The van der Waals surface area contributed by atoms with Crippen LogP contribution in [-0.4, -0.2) is 9.97 Å². The van der Waals surface area contributed by atoms with Gasteiger partial charge in [0, 0.05) is 22.7 Å². The first-order valence-corrected chi connectivity index (χ1v) is 7.68. The lowest BCUT2D eigenvalue weighted by Gasteiger charge is -2.00. The summed E-state index contributed by atoms with van der Waals surface area (Å²) < 4.78 is 0. The van der Waals surface area contributed by atoms with Crippen molar-refractivity contribution in [2.75, 3.05) is 0 Å². The number of pyridine rings is 1. The van der Waals surface area contributed by atoms with E-state index in [9.17, 15) is 0 Å². The summed E-state index contributed by atoms with van der Waals surface area (Å²) in [5.41, 5.74) is 2.74. The summed E-state index contributed by atoms with van der Waals surface area (Å²) in [6.07, 6.45) is 1.66. The van der Waals surface area contributed by atoms with Crippen LogP contribution in [0.5, 0.6) is 0 Å². The molecule has 0 aliphatic carbocycles. The van der Waals surface area contributed by atoms with Gasteiger partial charge in [-0.2, -0.15) is 0 Å². The topological polar surface area (TPSA) is 25.8 Å². The predicted molar refractivity (Wildman–Crippen MR) is 85.8 cm³/mol. The lowest BCUT2D eigenvalue weighted by molar-refractivity contribution is 1.32. The second-order valence-corrected chi connectivity index (χ2v) is 6.09. The van der Waals surface area contributed by atoms with Gasteiger partial charge in [-0.25, -0.2) is 9.97 Å². The van der Waals surface area contributed by atoms with Crippen LogP contribution in [-0.2, 0) is 0 Å². The van der Waals surface area contributed by atoms with Crippen molar-refractivity contribution in [3.05, 3.63) is 57.1 Å². The van der Waals surface area contributed by atoms with Crippen molar-refractivity contribution in [2.45, 2.75) is 0 Å². The molecule has 0 saturated heterocycles. The third kappa shape index (κ3) is 2.81. The van der Waals surface area contributed by atoms with Gasteiger partial charge in [-0.05, 0) is 24.3 Å². The fourth-order valence-corrected chi connectivity index (χ4v) is 3.03. The van der Waals surface area contributed by atoms with Crippen LogP contribution in [0, 0.1) is 0 Å². The smallest absolute Gasteiger partial charge is 0.129 e. The van der Waals surface area contributed by atoms with Crippen LogP contribution in [0.3, 0.4) is 0 Å². The van der Waals surface area contributed by atoms with Crippen LogP contribution in [0.25, 0.3) is 21.8 Å². The maximum atomic E-state index is 6.03. The van der Waals surface area contributed by atoms with Gasteiger partial charge in [-0.15, -0.1) is 11.3 Å². The van der Waals surface area contributed by atoms with Crippen molar-refractivity contribution in [1.82, 2.24) is 9.97 Å². The molecule has 6 heteroatoms. The Balaban J connectivity index is 1.99. The fourth-order valence-electron chi connectivity index (χ4n) is 1.73. The minimum atomic E-state index is 0.453. The zero-order valence-electron chi connectivity index (χ0n) is 9.98. The minimum absolute atomic E-state index is 0.453. The zero-order valence-corrected chi connectivity index (χ0v) is 13.1. The Labute approximate surface area is 135 Å². The third-order valence-electron chi connectivity index (χ3n) is 2.69. The van der Waals surface area contributed by atoms with Crippen LogP contribution in [0.1, 0.15) is 0 Å². The van der Waals surface area contributed by atoms with Gasteiger partial charge in [0.1, 0.15) is 10.2 Å². The molecule has 20 heavy (non-hydrogen) atoms. The molecule has 3 aromatic rings. The van der Waals surface area contributed by atoms with E-state index in [1.54, 1.807) is 29.7 Å². The van der Waals surface area contributed by atoms with E-state index in [4.69, 9.17) is 34.8 Å². The molecule has 0 aliphatic heterocycles. The van der Waals surface area contributed by atoms with Crippen LogP contribution in [0.2, 0.25) is 15.2 Å². The Bertz CT molecular complexity index is 771. The van der Waals surface area contributed by atoms with Gasteiger partial charge in [0.05, 0.1) is 15.7 Å². The Kier molecular flexibility index (Phi) is 3.94. The lowest BCUT2D eigenvalue weighted by atomic mass is 10.2. The molecule has 0 bridgehead atoms. The standard InChI is InChI=1S/C14H7Cl3N2S/c15-10-2-1-8(5-11(10)16)12-7-20-14(19-12)9-3-4-18-13(17)6-9/h1-7H. The summed E-state index contributed by atoms with van der Waals surface area (Å²) in [5, 5.41) is 4.37. The molecule has 0 atom stereocenters. The van der Waals surface area contributed by atoms with Crippen molar-refractivity contribution < 1.29 is 0 Å². The molecule has 0 radical (unpaired) electrons. The average molecular weight is 342 g/mol. The zero-order chi connectivity index (χ0) is 14.1. The van der Waals surface area contributed by atoms with Crippen molar-refractivity contribution in [3.8, 4) is 21.8 Å². The molecule has 2 nitrogen and oxygen atoms in total. The summed E-state index contributed by atoms with van der Waals surface area (Å²) in [7, 11) is 0. The monoisotopic (exact) mass is 340 g/mol. The molecule has 1 aromatic carbocycles. The van der Waals surface area contributed by atoms with E-state index in [0.29, 0.717) is 15.2 Å². The van der Waals surface area contributed by atoms with Gasteiger partial charge in [-0.3, -0.25) is 0 Å². The molecule has 3 rings (SSSR count). The summed E-state index contributed by atoms with van der Waals surface area (Å²) in [6.45, 7) is 0. The van der Waals surface area contributed by atoms with E-state index in [1.807, 2.05) is 23.6 Å². The van der Waals surface area contributed by atoms with Crippen LogP contribution in [0.4, 0.5) is 0 Å². The number of hydrogen-bond acceptors (Lipinski definition) is 3. The molecule has 0 fully saturated rings. The number of nitrogens with zero attached hydrogens (tertiary/aromatic N) is 2. The number of rotatable bonds is 2. The van der Waals surface area contributed by atoms with Crippen molar-refractivity contribution >= 4 is 46.1 Å². The normalized spacial score (nSPS) is 10.8. The second kappa shape index (κ2) is 5.70. The predicted octanol–water partition coefficient (Wildman–Crippen LogP) is 5.83. The second-order valence-electron chi connectivity index (χ2n) is 4.03. The molecule has 0 N–H and O–H groups in total. The van der Waals surface area contributed by atoms with E-state index in [0.717, 1.165) is 21.8 Å². The molecule has 2 heterocycles. The number of thiazole rings is 1. The highest BCUT2D eigenvalue weighted by Gasteiger charge is 2.08. The number of halogens is 3. The lowest BCUT2D eigenvalue weighted by Crippen LogP contribution is -1.81. The van der Waals surface area contributed by atoms with E-state index >= 15 is 0 Å². The summed E-state index contributed by atoms with van der Waals surface area (Å²) >= 11 is 19.4. The van der Waals surface area contributed by atoms with Crippen LogP contribution in [0.15, 0.2) is 41.9 Å². The van der Waals surface area contributed by atoms with Crippen molar-refractivity contribution in [2.24, 2.45) is 0 Å². The molecular formula is C14H7Cl3N2S. The van der Waals surface area contributed by atoms with Crippen LogP contribution < -0.4 is 0 Å². The van der Waals surface area contributed by atoms with Gasteiger partial charge in [-0.1, -0.05) is 40.9 Å². The Hall–Kier alpha value is -1.13. The highest BCUT2D eigenvalue weighted by molar-refractivity contribution is 7.13. The number of hydrogen-bond donors (Lipinski definition) is 0. The number of benzene rings is 1. The molecule has 0 amide bonds. The van der Waals surface area contributed by atoms with Gasteiger partial charge in [0.25, 0.3) is 0 Å². The molecule has 0 spiro atoms. The quantitative estimate of drug-likeness (QED) is 0.548. The molecule has 2 aromatic heterocycles. The minimum Gasteiger partial charge on any atom is -0.245 e. The Morgan fingerprint density at radius 3 is 2.50 bits per heavy atom. The Morgan fingerprint density at radius 2 is 1.75 bits per heavy atom. The molecule has 0 saturated carbocycles. The van der Waals surface area contributed by atoms with Crippen molar-refractivity contribution in [1.29, 1.82) is 0 Å². The van der Waals surface area contributed by atoms with Gasteiger partial charge in [0.15, 0.2) is 0 Å². The van der Waals surface area contributed by atoms with Gasteiger partial charge < -0.3 is 0 Å². The maximum absolute atomic E-state index is 6.03. The highest BCUT2D eigenvalue weighted by atomic mass is 35.5. The molecule has 100 valence electrons. The third-order valence-corrected chi connectivity index (χ3v) is 4.53. The number of aromatic nitrogens is 2. The largest absolute Gasteiger partial charge is 0.245 e. The van der Waals surface area contributed by atoms with E-state index in [2.05, 4.69) is 9.97 Å². The first-order chi connectivity index (χ1) is 9.63. The Morgan fingerprint density at radius 1 is 0.900 bits per heavy atom. The van der Waals surface area contributed by atoms with Gasteiger partial charge >= 0.3 is 0 Å².